The number of amides is 1. The molecule has 0 unspecified atom stereocenters. The molecular weight excluding hydrogens is 290 g/mol. The molecule has 0 spiro atoms. The molecule has 1 amide bonds. The lowest BCUT2D eigenvalue weighted by molar-refractivity contribution is -0.137. The number of methoxy groups -OCH3 is 1. The summed E-state index contributed by atoms with van der Waals surface area (Å²) < 4.78 is 10.8. The Morgan fingerprint density at radius 1 is 1.04 bits per heavy atom. The van der Waals surface area contributed by atoms with Gasteiger partial charge < -0.3 is 14.4 Å². The van der Waals surface area contributed by atoms with Gasteiger partial charge in [0, 0.05) is 13.6 Å². The van der Waals surface area contributed by atoms with E-state index in [0.29, 0.717) is 12.3 Å². The first kappa shape index (κ1) is 16.9. The molecule has 0 saturated heterocycles. The van der Waals surface area contributed by atoms with Crippen molar-refractivity contribution >= 4 is 5.91 Å². The largest absolute Gasteiger partial charge is 0.497 e. The van der Waals surface area contributed by atoms with E-state index in [1.54, 1.807) is 26.0 Å². The van der Waals surface area contributed by atoms with Gasteiger partial charge >= 0.3 is 0 Å². The second-order valence-electron chi connectivity index (χ2n) is 5.62. The zero-order valence-corrected chi connectivity index (χ0v) is 14.1. The van der Waals surface area contributed by atoms with Crippen molar-refractivity contribution < 1.29 is 14.3 Å². The van der Waals surface area contributed by atoms with Crippen LogP contribution in [0, 0.1) is 6.92 Å². The van der Waals surface area contributed by atoms with Crippen LogP contribution in [0.25, 0.3) is 0 Å². The highest BCUT2D eigenvalue weighted by atomic mass is 16.5. The second-order valence-corrected chi connectivity index (χ2v) is 5.62. The Labute approximate surface area is 137 Å². The van der Waals surface area contributed by atoms with Crippen LogP contribution in [0.15, 0.2) is 48.5 Å². The Morgan fingerprint density at radius 3 is 2.17 bits per heavy atom. The molecule has 0 heterocycles. The molecule has 0 N–H and O–H groups in total. The molecule has 2 aromatic rings. The van der Waals surface area contributed by atoms with Gasteiger partial charge in [0.25, 0.3) is 5.91 Å². The van der Waals surface area contributed by atoms with Crippen molar-refractivity contribution in [3.8, 4) is 11.5 Å². The van der Waals surface area contributed by atoms with Crippen LogP contribution in [0.5, 0.6) is 11.5 Å². The van der Waals surface area contributed by atoms with Crippen molar-refractivity contribution in [3.05, 3.63) is 59.7 Å². The molecule has 0 aliphatic carbocycles. The van der Waals surface area contributed by atoms with Gasteiger partial charge in [-0.15, -0.1) is 0 Å². The van der Waals surface area contributed by atoms with Crippen LogP contribution < -0.4 is 9.47 Å². The number of hydrogen-bond acceptors (Lipinski definition) is 3. The van der Waals surface area contributed by atoms with Crippen LogP contribution in [0.3, 0.4) is 0 Å². The van der Waals surface area contributed by atoms with Gasteiger partial charge in [-0.05, 0) is 43.7 Å². The Morgan fingerprint density at radius 2 is 1.61 bits per heavy atom. The maximum absolute atomic E-state index is 12.4. The van der Waals surface area contributed by atoms with E-state index in [1.165, 1.54) is 0 Å². The molecule has 0 fully saturated rings. The highest BCUT2D eigenvalue weighted by molar-refractivity contribution is 5.80. The van der Waals surface area contributed by atoms with Crippen molar-refractivity contribution in [3.63, 3.8) is 0 Å². The van der Waals surface area contributed by atoms with Crippen LogP contribution >= 0.6 is 0 Å². The number of benzene rings is 2. The lowest BCUT2D eigenvalue weighted by Gasteiger charge is -2.22. The van der Waals surface area contributed by atoms with Gasteiger partial charge in [-0.25, -0.2) is 0 Å². The molecule has 0 saturated carbocycles. The first-order chi connectivity index (χ1) is 11.0. The number of nitrogens with zero attached hydrogens (tertiary/aromatic N) is 1. The van der Waals surface area contributed by atoms with Gasteiger partial charge in [0.15, 0.2) is 6.10 Å². The van der Waals surface area contributed by atoms with E-state index in [0.717, 1.165) is 16.9 Å². The van der Waals surface area contributed by atoms with Gasteiger partial charge in [0.2, 0.25) is 0 Å². The van der Waals surface area contributed by atoms with Crippen LogP contribution in [0.1, 0.15) is 18.1 Å². The van der Waals surface area contributed by atoms with E-state index in [1.807, 2.05) is 55.5 Å². The van der Waals surface area contributed by atoms with Gasteiger partial charge in [-0.2, -0.15) is 0 Å². The molecule has 1 atom stereocenters. The summed E-state index contributed by atoms with van der Waals surface area (Å²) in [5, 5.41) is 0. The topological polar surface area (TPSA) is 38.8 Å². The summed E-state index contributed by atoms with van der Waals surface area (Å²) in [7, 11) is 3.41. The molecule has 23 heavy (non-hydrogen) atoms. The summed E-state index contributed by atoms with van der Waals surface area (Å²) in [5.41, 5.74) is 2.21. The lowest BCUT2D eigenvalue weighted by Crippen LogP contribution is -2.37. The van der Waals surface area contributed by atoms with Crippen LogP contribution in [0.4, 0.5) is 0 Å². The maximum atomic E-state index is 12.4. The third-order valence-corrected chi connectivity index (χ3v) is 3.64. The number of ether oxygens (including phenoxy) is 2. The molecule has 122 valence electrons. The molecule has 4 heteroatoms. The minimum absolute atomic E-state index is 0.0543. The fourth-order valence-electron chi connectivity index (χ4n) is 2.26. The number of rotatable bonds is 6. The van der Waals surface area contributed by atoms with E-state index in [-0.39, 0.29) is 5.91 Å². The fourth-order valence-corrected chi connectivity index (χ4v) is 2.26. The van der Waals surface area contributed by atoms with Crippen LogP contribution in [0.2, 0.25) is 0 Å². The number of likely N-dealkylation sites (N-methyl/N-ethyl adjacent to an activating group) is 1. The van der Waals surface area contributed by atoms with Crippen molar-refractivity contribution in [2.24, 2.45) is 0 Å². The van der Waals surface area contributed by atoms with E-state index in [4.69, 9.17) is 9.47 Å². The molecule has 4 nitrogen and oxygen atoms in total. The first-order valence-electron chi connectivity index (χ1n) is 7.61. The number of carbonyl (C=O) groups excluding carboxylic acids is 1. The molecule has 0 aliphatic heterocycles. The number of aryl methyl sites for hydroxylation is 1. The molecule has 0 bridgehead atoms. The zero-order chi connectivity index (χ0) is 16.8. The van der Waals surface area contributed by atoms with Crippen molar-refractivity contribution in [1.82, 2.24) is 4.90 Å². The summed E-state index contributed by atoms with van der Waals surface area (Å²) in [6, 6.07) is 15.4. The summed E-state index contributed by atoms with van der Waals surface area (Å²) in [6.45, 7) is 4.32. The summed E-state index contributed by atoms with van der Waals surface area (Å²) >= 11 is 0. The normalized spacial score (nSPS) is 11.7. The van der Waals surface area contributed by atoms with Crippen molar-refractivity contribution in [2.75, 3.05) is 14.2 Å². The molecule has 0 aromatic heterocycles. The Kier molecular flexibility index (Phi) is 5.63. The number of hydrogen-bond donors (Lipinski definition) is 0. The van der Waals surface area contributed by atoms with Crippen molar-refractivity contribution in [2.45, 2.75) is 26.5 Å². The average molecular weight is 313 g/mol. The smallest absolute Gasteiger partial charge is 0.263 e. The van der Waals surface area contributed by atoms with E-state index in [2.05, 4.69) is 0 Å². The molecule has 0 aliphatic rings. The van der Waals surface area contributed by atoms with Crippen molar-refractivity contribution in [1.29, 1.82) is 0 Å². The molecule has 2 aromatic carbocycles. The highest BCUT2D eigenvalue weighted by Gasteiger charge is 2.19. The van der Waals surface area contributed by atoms with Gasteiger partial charge in [-0.3, -0.25) is 4.79 Å². The minimum Gasteiger partial charge on any atom is -0.497 e. The van der Waals surface area contributed by atoms with Gasteiger partial charge in [-0.1, -0.05) is 29.8 Å². The highest BCUT2D eigenvalue weighted by Crippen LogP contribution is 2.16. The monoisotopic (exact) mass is 313 g/mol. The maximum Gasteiger partial charge on any atom is 0.263 e. The van der Waals surface area contributed by atoms with Gasteiger partial charge in [0.05, 0.1) is 7.11 Å². The zero-order valence-electron chi connectivity index (χ0n) is 14.1. The van der Waals surface area contributed by atoms with Crippen LogP contribution in [-0.2, 0) is 11.3 Å². The molecule has 2 rings (SSSR count). The summed E-state index contributed by atoms with van der Waals surface area (Å²) in [5.74, 6) is 1.45. The quantitative estimate of drug-likeness (QED) is 0.820. The van der Waals surface area contributed by atoms with E-state index >= 15 is 0 Å². The third-order valence-electron chi connectivity index (χ3n) is 3.64. The fraction of sp³-hybridized carbons (Fsp3) is 0.316. The lowest BCUT2D eigenvalue weighted by atomic mass is 10.2. The Balaban J connectivity index is 1.93. The predicted octanol–water partition coefficient (Wildman–Crippen LogP) is 3.43. The average Bonchev–Trinajstić information content (AvgIpc) is 2.56. The Hall–Kier alpha value is -2.49. The SMILES string of the molecule is COc1ccc(CN(C)C(=O)[C@H](C)Oc2ccc(C)cc2)cc1. The summed E-state index contributed by atoms with van der Waals surface area (Å²) in [6.07, 6.45) is -0.527. The first-order valence-corrected chi connectivity index (χ1v) is 7.61. The minimum atomic E-state index is -0.527. The predicted molar refractivity (Wildman–Crippen MR) is 90.7 cm³/mol. The number of carbonyl (C=O) groups is 1. The second kappa shape index (κ2) is 7.68. The van der Waals surface area contributed by atoms with E-state index < -0.39 is 6.10 Å². The summed E-state index contributed by atoms with van der Waals surface area (Å²) in [4.78, 5) is 14.1. The molecule has 0 radical (unpaired) electrons. The Bertz CT molecular complexity index is 635. The van der Waals surface area contributed by atoms with Gasteiger partial charge in [0.1, 0.15) is 11.5 Å². The van der Waals surface area contributed by atoms with E-state index in [9.17, 15) is 4.79 Å². The molecular formula is C19H23NO3. The van der Waals surface area contributed by atoms with Crippen LogP contribution in [-0.4, -0.2) is 31.1 Å². The standard InChI is InChI=1S/C19H23NO3/c1-14-5-9-18(10-6-14)23-15(2)19(21)20(3)13-16-7-11-17(22-4)12-8-16/h5-12,15H,13H2,1-4H3/t15-/m0/s1. The third kappa shape index (κ3) is 4.74.